The van der Waals surface area contributed by atoms with Gasteiger partial charge in [-0.15, -0.1) is 0 Å². The molecule has 16 heavy (non-hydrogen) atoms. The lowest BCUT2D eigenvalue weighted by molar-refractivity contribution is -0.201. The summed E-state index contributed by atoms with van der Waals surface area (Å²) in [6, 6.07) is 0. The van der Waals surface area contributed by atoms with Gasteiger partial charge in [-0.05, 0) is 12.2 Å². The molecule has 0 aromatic rings. The van der Waals surface area contributed by atoms with Gasteiger partial charge in [0.25, 0.3) is 0 Å². The molecule has 0 heterocycles. The number of halogens is 3. The van der Waals surface area contributed by atoms with Crippen LogP contribution in [0.5, 0.6) is 0 Å². The van der Waals surface area contributed by atoms with Crippen molar-refractivity contribution in [2.75, 3.05) is 18.1 Å². The largest absolute Gasteiger partial charge is 0.416 e. The molecule has 1 amide bonds. The summed E-state index contributed by atoms with van der Waals surface area (Å²) < 4.78 is 35.5. The van der Waals surface area contributed by atoms with Crippen molar-refractivity contribution in [3.05, 3.63) is 0 Å². The first-order valence-electron chi connectivity index (χ1n) is 4.97. The maximum absolute atomic E-state index is 11.8. The third kappa shape index (κ3) is 7.81. The Bertz CT molecular complexity index is 211. The van der Waals surface area contributed by atoms with Crippen LogP contribution < -0.4 is 5.32 Å². The second-order valence-electron chi connectivity index (χ2n) is 3.27. The van der Waals surface area contributed by atoms with Crippen LogP contribution in [-0.2, 0) is 4.79 Å². The van der Waals surface area contributed by atoms with E-state index >= 15 is 0 Å². The third-order valence-corrected chi connectivity index (χ3v) is 2.79. The van der Waals surface area contributed by atoms with Gasteiger partial charge in [-0.25, -0.2) is 0 Å². The number of alkyl halides is 3. The Morgan fingerprint density at radius 3 is 2.62 bits per heavy atom. The standard InChI is InChI=1S/C9H16F3NO2S/c1-2-3-4-16-6-8(15)13-5-7(14)9(10,11)12/h7,14H,2-6H2,1H3,(H,13,15). The van der Waals surface area contributed by atoms with Crippen molar-refractivity contribution < 1.29 is 23.1 Å². The number of aliphatic hydroxyl groups is 1. The van der Waals surface area contributed by atoms with Crippen LogP contribution in [0, 0.1) is 0 Å². The Labute approximate surface area is 96.8 Å². The lowest BCUT2D eigenvalue weighted by Gasteiger charge is -2.14. The Kier molecular flexibility index (Phi) is 7.57. The Morgan fingerprint density at radius 1 is 1.50 bits per heavy atom. The third-order valence-electron chi connectivity index (χ3n) is 1.75. The molecule has 96 valence electrons. The van der Waals surface area contributed by atoms with E-state index in [4.69, 9.17) is 5.11 Å². The maximum Gasteiger partial charge on any atom is 0.416 e. The van der Waals surface area contributed by atoms with Crippen molar-refractivity contribution in [2.45, 2.75) is 32.0 Å². The molecule has 0 aliphatic heterocycles. The normalized spacial score (nSPS) is 13.6. The number of hydrogen-bond donors (Lipinski definition) is 2. The van der Waals surface area contributed by atoms with Gasteiger partial charge in [0, 0.05) is 0 Å². The van der Waals surface area contributed by atoms with Gasteiger partial charge in [0.2, 0.25) is 5.91 Å². The van der Waals surface area contributed by atoms with Crippen LogP contribution >= 0.6 is 11.8 Å². The minimum absolute atomic E-state index is 0.130. The fraction of sp³-hybridized carbons (Fsp3) is 0.889. The summed E-state index contributed by atoms with van der Waals surface area (Å²) in [6.07, 6.45) is -5.18. The number of unbranched alkanes of at least 4 members (excludes halogenated alkanes) is 1. The van der Waals surface area contributed by atoms with Gasteiger partial charge in [-0.2, -0.15) is 24.9 Å². The van der Waals surface area contributed by atoms with Gasteiger partial charge >= 0.3 is 6.18 Å². The summed E-state index contributed by atoms with van der Waals surface area (Å²) in [5.74, 6) is 0.459. The lowest BCUT2D eigenvalue weighted by atomic mass is 10.3. The van der Waals surface area contributed by atoms with E-state index < -0.39 is 24.7 Å². The van der Waals surface area contributed by atoms with Gasteiger partial charge in [-0.3, -0.25) is 4.79 Å². The summed E-state index contributed by atoms with van der Waals surface area (Å²) in [5, 5.41) is 10.6. The summed E-state index contributed by atoms with van der Waals surface area (Å²) in [6.45, 7) is 1.23. The highest BCUT2D eigenvalue weighted by atomic mass is 32.2. The SMILES string of the molecule is CCCCSCC(=O)NCC(O)C(F)(F)F. The molecule has 1 atom stereocenters. The van der Waals surface area contributed by atoms with E-state index in [1.165, 1.54) is 11.8 Å². The molecule has 0 fully saturated rings. The second kappa shape index (κ2) is 7.78. The average Bonchev–Trinajstić information content (AvgIpc) is 2.19. The van der Waals surface area contributed by atoms with Crippen molar-refractivity contribution in [3.8, 4) is 0 Å². The molecule has 0 aromatic carbocycles. The first-order chi connectivity index (χ1) is 7.38. The number of nitrogens with one attached hydrogen (secondary N) is 1. The number of amides is 1. The zero-order chi connectivity index (χ0) is 12.6. The van der Waals surface area contributed by atoms with Crippen LogP contribution in [0.1, 0.15) is 19.8 Å². The van der Waals surface area contributed by atoms with Gasteiger partial charge in [-0.1, -0.05) is 13.3 Å². The van der Waals surface area contributed by atoms with Crippen molar-refractivity contribution >= 4 is 17.7 Å². The molecular weight excluding hydrogens is 243 g/mol. The van der Waals surface area contributed by atoms with Crippen LogP contribution in [0.15, 0.2) is 0 Å². The molecule has 7 heteroatoms. The number of aliphatic hydroxyl groups excluding tert-OH is 1. The number of carbonyl (C=O) groups is 1. The number of hydrogen-bond acceptors (Lipinski definition) is 3. The summed E-state index contributed by atoms with van der Waals surface area (Å²) >= 11 is 1.37. The van der Waals surface area contributed by atoms with Crippen LogP contribution in [0.25, 0.3) is 0 Å². The van der Waals surface area contributed by atoms with E-state index in [0.717, 1.165) is 18.6 Å². The first-order valence-corrected chi connectivity index (χ1v) is 6.12. The molecule has 1 unspecified atom stereocenters. The number of rotatable bonds is 7. The monoisotopic (exact) mass is 259 g/mol. The predicted octanol–water partition coefficient (Wildman–Crippen LogP) is 1.56. The van der Waals surface area contributed by atoms with Crippen LogP contribution in [-0.4, -0.2) is 41.3 Å². The minimum atomic E-state index is -4.68. The zero-order valence-corrected chi connectivity index (χ0v) is 9.83. The van der Waals surface area contributed by atoms with E-state index in [1.807, 2.05) is 12.2 Å². The van der Waals surface area contributed by atoms with Gasteiger partial charge in [0.05, 0.1) is 12.3 Å². The molecule has 0 aliphatic carbocycles. The second-order valence-corrected chi connectivity index (χ2v) is 4.37. The Balaban J connectivity index is 3.58. The lowest BCUT2D eigenvalue weighted by Crippen LogP contribution is -2.41. The molecule has 0 saturated carbocycles. The van der Waals surface area contributed by atoms with Crippen LogP contribution in [0.3, 0.4) is 0 Å². The maximum atomic E-state index is 11.8. The van der Waals surface area contributed by atoms with E-state index in [9.17, 15) is 18.0 Å². The molecule has 0 bridgehead atoms. The average molecular weight is 259 g/mol. The van der Waals surface area contributed by atoms with Crippen LogP contribution in [0.2, 0.25) is 0 Å². The molecule has 0 aliphatic rings. The van der Waals surface area contributed by atoms with Crippen molar-refractivity contribution in [1.82, 2.24) is 5.32 Å². The minimum Gasteiger partial charge on any atom is -0.382 e. The Morgan fingerprint density at radius 2 is 2.12 bits per heavy atom. The van der Waals surface area contributed by atoms with Crippen molar-refractivity contribution in [2.24, 2.45) is 0 Å². The molecule has 0 radical (unpaired) electrons. The predicted molar refractivity (Wildman–Crippen MR) is 57.3 cm³/mol. The van der Waals surface area contributed by atoms with Crippen molar-refractivity contribution in [1.29, 1.82) is 0 Å². The fourth-order valence-electron chi connectivity index (χ4n) is 0.789. The molecule has 0 aromatic heterocycles. The highest BCUT2D eigenvalue weighted by Crippen LogP contribution is 2.19. The fourth-order valence-corrected chi connectivity index (χ4v) is 1.71. The van der Waals surface area contributed by atoms with Gasteiger partial charge in [0.15, 0.2) is 6.10 Å². The van der Waals surface area contributed by atoms with Crippen LogP contribution in [0.4, 0.5) is 13.2 Å². The molecule has 2 N–H and O–H groups in total. The topological polar surface area (TPSA) is 49.3 Å². The smallest absolute Gasteiger partial charge is 0.382 e. The number of carbonyl (C=O) groups excluding carboxylic acids is 1. The molecule has 3 nitrogen and oxygen atoms in total. The van der Waals surface area contributed by atoms with Gasteiger partial charge in [0.1, 0.15) is 0 Å². The van der Waals surface area contributed by atoms with E-state index in [1.54, 1.807) is 0 Å². The quantitative estimate of drug-likeness (QED) is 0.682. The molecule has 0 rings (SSSR count). The first kappa shape index (κ1) is 15.6. The Hall–Kier alpha value is -0.430. The van der Waals surface area contributed by atoms with E-state index in [0.29, 0.717) is 0 Å². The van der Waals surface area contributed by atoms with E-state index in [-0.39, 0.29) is 5.75 Å². The molecule has 0 saturated heterocycles. The van der Waals surface area contributed by atoms with Crippen molar-refractivity contribution in [3.63, 3.8) is 0 Å². The van der Waals surface area contributed by atoms with Gasteiger partial charge < -0.3 is 10.4 Å². The molecular formula is C9H16F3NO2S. The zero-order valence-electron chi connectivity index (χ0n) is 9.01. The van der Waals surface area contributed by atoms with E-state index in [2.05, 4.69) is 0 Å². The summed E-state index contributed by atoms with van der Waals surface area (Å²) in [5.41, 5.74) is 0. The highest BCUT2D eigenvalue weighted by Gasteiger charge is 2.38. The summed E-state index contributed by atoms with van der Waals surface area (Å²) in [7, 11) is 0. The highest BCUT2D eigenvalue weighted by molar-refractivity contribution is 7.99. The molecule has 0 spiro atoms. The summed E-state index contributed by atoms with van der Waals surface area (Å²) in [4.78, 5) is 11.0. The number of thioether (sulfide) groups is 1.